The SMILES string of the molecule is CCc1ccc(CNc2nc3c(cc2C#N)CCCC3)s1. The predicted molar refractivity (Wildman–Crippen MR) is 86.6 cm³/mol. The number of aromatic nitrogens is 1. The lowest BCUT2D eigenvalue weighted by Gasteiger charge is -2.17. The molecule has 0 saturated heterocycles. The summed E-state index contributed by atoms with van der Waals surface area (Å²) in [6.45, 7) is 2.91. The highest BCUT2D eigenvalue weighted by Gasteiger charge is 2.15. The molecular weight excluding hydrogens is 278 g/mol. The Kier molecular flexibility index (Phi) is 4.21. The van der Waals surface area contributed by atoms with Crippen LogP contribution in [0.4, 0.5) is 5.82 Å². The third-order valence-electron chi connectivity index (χ3n) is 3.92. The Hall–Kier alpha value is -1.86. The number of hydrogen-bond donors (Lipinski definition) is 1. The van der Waals surface area contributed by atoms with Gasteiger partial charge in [0, 0.05) is 15.4 Å². The van der Waals surface area contributed by atoms with Gasteiger partial charge < -0.3 is 5.32 Å². The van der Waals surface area contributed by atoms with Crippen molar-refractivity contribution >= 4 is 17.2 Å². The number of nitrogens with zero attached hydrogens (tertiary/aromatic N) is 2. The van der Waals surface area contributed by atoms with Gasteiger partial charge in [-0.2, -0.15) is 5.26 Å². The minimum Gasteiger partial charge on any atom is -0.364 e. The van der Waals surface area contributed by atoms with E-state index in [4.69, 9.17) is 4.98 Å². The summed E-state index contributed by atoms with van der Waals surface area (Å²) in [4.78, 5) is 7.38. The third kappa shape index (κ3) is 3.08. The summed E-state index contributed by atoms with van der Waals surface area (Å²) < 4.78 is 0. The van der Waals surface area contributed by atoms with Gasteiger partial charge in [0.05, 0.1) is 12.1 Å². The fraction of sp³-hybridized carbons (Fsp3) is 0.412. The van der Waals surface area contributed by atoms with Gasteiger partial charge >= 0.3 is 0 Å². The Balaban J connectivity index is 1.79. The Morgan fingerprint density at radius 3 is 2.86 bits per heavy atom. The zero-order valence-electron chi connectivity index (χ0n) is 12.3. The van der Waals surface area contributed by atoms with Crippen LogP contribution in [0.15, 0.2) is 18.2 Å². The standard InChI is InChI=1S/C17H19N3S/c1-2-14-7-8-15(21-14)11-19-17-13(10-18)9-12-5-3-4-6-16(12)20-17/h7-9H,2-6,11H2,1H3,(H,19,20). The van der Waals surface area contributed by atoms with Gasteiger partial charge in [0.25, 0.3) is 0 Å². The molecule has 0 spiro atoms. The molecule has 2 aromatic rings. The first-order chi connectivity index (χ1) is 10.3. The molecule has 4 heteroatoms. The van der Waals surface area contributed by atoms with Gasteiger partial charge in [-0.25, -0.2) is 4.98 Å². The van der Waals surface area contributed by atoms with E-state index in [1.165, 1.54) is 33.9 Å². The highest BCUT2D eigenvalue weighted by Crippen LogP contribution is 2.25. The first kappa shape index (κ1) is 14.1. The van der Waals surface area contributed by atoms with Gasteiger partial charge in [0.2, 0.25) is 0 Å². The van der Waals surface area contributed by atoms with Crippen molar-refractivity contribution in [3.63, 3.8) is 0 Å². The fourth-order valence-corrected chi connectivity index (χ4v) is 3.63. The van der Waals surface area contributed by atoms with Gasteiger partial charge in [-0.1, -0.05) is 6.92 Å². The second-order valence-electron chi connectivity index (χ2n) is 5.38. The Morgan fingerprint density at radius 2 is 2.10 bits per heavy atom. The predicted octanol–water partition coefficient (Wildman–Crippen LogP) is 4.07. The van der Waals surface area contributed by atoms with Crippen molar-refractivity contribution in [3.8, 4) is 6.07 Å². The van der Waals surface area contributed by atoms with Crippen molar-refractivity contribution < 1.29 is 0 Å². The van der Waals surface area contributed by atoms with Crippen molar-refractivity contribution in [3.05, 3.63) is 44.8 Å². The highest BCUT2D eigenvalue weighted by atomic mass is 32.1. The van der Waals surface area contributed by atoms with E-state index in [1.807, 2.05) is 17.4 Å². The smallest absolute Gasteiger partial charge is 0.144 e. The van der Waals surface area contributed by atoms with E-state index in [1.54, 1.807) is 0 Å². The van der Waals surface area contributed by atoms with Crippen LogP contribution in [0.3, 0.4) is 0 Å². The monoisotopic (exact) mass is 297 g/mol. The minimum absolute atomic E-state index is 0.669. The molecule has 0 aromatic carbocycles. The van der Waals surface area contributed by atoms with Gasteiger partial charge in [-0.05, 0) is 55.9 Å². The van der Waals surface area contributed by atoms with Gasteiger partial charge in [0.15, 0.2) is 0 Å². The summed E-state index contributed by atoms with van der Waals surface area (Å²) in [6, 6.07) is 8.63. The lowest BCUT2D eigenvalue weighted by Crippen LogP contribution is -2.10. The maximum atomic E-state index is 9.33. The molecule has 1 N–H and O–H groups in total. The number of hydrogen-bond acceptors (Lipinski definition) is 4. The second-order valence-corrected chi connectivity index (χ2v) is 6.64. The molecule has 0 radical (unpaired) electrons. The normalized spacial score (nSPS) is 13.5. The second kappa shape index (κ2) is 6.28. The van der Waals surface area contributed by atoms with E-state index >= 15 is 0 Å². The van der Waals surface area contributed by atoms with Crippen LogP contribution in [0, 0.1) is 11.3 Å². The maximum absolute atomic E-state index is 9.33. The summed E-state index contributed by atoms with van der Waals surface area (Å²) >= 11 is 1.82. The van der Waals surface area contributed by atoms with Crippen molar-refractivity contribution in [1.82, 2.24) is 4.98 Å². The molecule has 2 aromatic heterocycles. The van der Waals surface area contributed by atoms with Crippen LogP contribution in [-0.4, -0.2) is 4.98 Å². The number of anilines is 1. The van der Waals surface area contributed by atoms with Crippen molar-refractivity contribution in [2.45, 2.75) is 45.6 Å². The molecule has 0 amide bonds. The molecule has 2 heterocycles. The average molecular weight is 297 g/mol. The summed E-state index contributed by atoms with van der Waals surface area (Å²) in [7, 11) is 0. The zero-order chi connectivity index (χ0) is 14.7. The molecule has 0 aliphatic heterocycles. The van der Waals surface area contributed by atoms with Gasteiger partial charge in [0.1, 0.15) is 11.9 Å². The van der Waals surface area contributed by atoms with Crippen LogP contribution in [0.25, 0.3) is 0 Å². The minimum atomic E-state index is 0.669. The van der Waals surface area contributed by atoms with Crippen LogP contribution in [0.1, 0.15) is 46.3 Å². The molecule has 108 valence electrons. The van der Waals surface area contributed by atoms with Crippen LogP contribution in [0.2, 0.25) is 0 Å². The number of pyridine rings is 1. The summed E-state index contributed by atoms with van der Waals surface area (Å²) in [5.41, 5.74) is 3.10. The molecule has 1 aliphatic carbocycles. The van der Waals surface area contributed by atoms with E-state index in [2.05, 4.69) is 30.4 Å². The lowest BCUT2D eigenvalue weighted by molar-refractivity contribution is 0.668. The van der Waals surface area contributed by atoms with Crippen LogP contribution >= 0.6 is 11.3 Å². The molecule has 0 bridgehead atoms. The first-order valence-electron chi connectivity index (χ1n) is 7.54. The largest absolute Gasteiger partial charge is 0.364 e. The van der Waals surface area contributed by atoms with Crippen LogP contribution < -0.4 is 5.32 Å². The molecule has 21 heavy (non-hydrogen) atoms. The first-order valence-corrected chi connectivity index (χ1v) is 8.36. The quantitative estimate of drug-likeness (QED) is 0.925. The van der Waals surface area contributed by atoms with Gasteiger partial charge in [-0.15, -0.1) is 11.3 Å². The molecule has 0 unspecified atom stereocenters. The average Bonchev–Trinajstić information content (AvgIpc) is 3.00. The summed E-state index contributed by atoms with van der Waals surface area (Å²) in [5, 5.41) is 12.7. The van der Waals surface area contributed by atoms with Crippen molar-refractivity contribution in [2.24, 2.45) is 0 Å². The van der Waals surface area contributed by atoms with Crippen LogP contribution in [-0.2, 0) is 25.8 Å². The molecule has 3 rings (SSSR count). The van der Waals surface area contributed by atoms with E-state index in [9.17, 15) is 5.26 Å². The van der Waals surface area contributed by atoms with Crippen LogP contribution in [0.5, 0.6) is 0 Å². The van der Waals surface area contributed by atoms with E-state index in [0.29, 0.717) is 5.56 Å². The lowest BCUT2D eigenvalue weighted by atomic mass is 9.95. The van der Waals surface area contributed by atoms with E-state index in [-0.39, 0.29) is 0 Å². The number of rotatable bonds is 4. The fourth-order valence-electron chi connectivity index (χ4n) is 2.73. The Morgan fingerprint density at radius 1 is 1.29 bits per heavy atom. The Labute approximate surface area is 129 Å². The molecule has 0 saturated carbocycles. The molecule has 3 nitrogen and oxygen atoms in total. The van der Waals surface area contributed by atoms with E-state index < -0.39 is 0 Å². The zero-order valence-corrected chi connectivity index (χ0v) is 13.1. The van der Waals surface area contributed by atoms with Crippen molar-refractivity contribution in [2.75, 3.05) is 5.32 Å². The number of nitrogens with one attached hydrogen (secondary N) is 1. The Bertz CT molecular complexity index is 682. The topological polar surface area (TPSA) is 48.7 Å². The van der Waals surface area contributed by atoms with Crippen molar-refractivity contribution in [1.29, 1.82) is 5.26 Å². The number of thiophene rings is 1. The highest BCUT2D eigenvalue weighted by molar-refractivity contribution is 7.12. The molecule has 1 aliphatic rings. The summed E-state index contributed by atoms with van der Waals surface area (Å²) in [5.74, 6) is 0.740. The molecular formula is C17H19N3S. The maximum Gasteiger partial charge on any atom is 0.144 e. The van der Waals surface area contributed by atoms with E-state index in [0.717, 1.165) is 31.6 Å². The van der Waals surface area contributed by atoms with Gasteiger partial charge in [-0.3, -0.25) is 0 Å². The number of nitriles is 1. The summed E-state index contributed by atoms with van der Waals surface area (Å²) in [6.07, 6.45) is 5.58. The number of aryl methyl sites for hydroxylation is 3. The number of fused-ring (bicyclic) bond motifs is 1. The third-order valence-corrected chi connectivity index (χ3v) is 5.15. The molecule has 0 fully saturated rings. The molecule has 0 atom stereocenters.